The predicted molar refractivity (Wildman–Crippen MR) is 65.7 cm³/mol. The van der Waals surface area contributed by atoms with Gasteiger partial charge in [-0.25, -0.2) is 0 Å². The summed E-state index contributed by atoms with van der Waals surface area (Å²) in [7, 11) is 0. The van der Waals surface area contributed by atoms with Gasteiger partial charge in [-0.3, -0.25) is 0 Å². The normalized spacial score (nSPS) is 34.4. The Labute approximate surface area is 95.6 Å². The summed E-state index contributed by atoms with van der Waals surface area (Å²) in [6.45, 7) is 0. The third kappa shape index (κ3) is 2.31. The highest BCUT2D eigenvalue weighted by Crippen LogP contribution is 2.42. The van der Waals surface area contributed by atoms with E-state index >= 15 is 0 Å². The van der Waals surface area contributed by atoms with Gasteiger partial charge in [0.05, 0.1) is 4.32 Å². The van der Waals surface area contributed by atoms with Crippen molar-refractivity contribution in [2.75, 3.05) is 0 Å². The summed E-state index contributed by atoms with van der Waals surface area (Å²) in [6, 6.07) is 0. The Bertz CT molecular complexity index is 234. The van der Waals surface area contributed by atoms with Gasteiger partial charge in [0.25, 0.3) is 0 Å². The largest absolute Gasteiger partial charge is 0.0828 e. The fraction of sp³-hybridized carbons (Fsp3) is 0.692. The van der Waals surface area contributed by atoms with Crippen molar-refractivity contribution < 1.29 is 0 Å². The average molecular weight is 255 g/mol. The highest BCUT2D eigenvalue weighted by molar-refractivity contribution is 9.10. The molecule has 0 spiro atoms. The van der Waals surface area contributed by atoms with Crippen molar-refractivity contribution in [3.05, 3.63) is 24.3 Å². The molecule has 0 amide bonds. The molecular formula is C13H19Br. The van der Waals surface area contributed by atoms with Crippen molar-refractivity contribution in [2.45, 2.75) is 49.3 Å². The fourth-order valence-electron chi connectivity index (χ4n) is 2.67. The first-order chi connectivity index (χ1) is 6.81. The minimum atomic E-state index is 0.284. The highest BCUT2D eigenvalue weighted by atomic mass is 79.9. The molecular weight excluding hydrogens is 236 g/mol. The van der Waals surface area contributed by atoms with Gasteiger partial charge in [-0.2, -0.15) is 0 Å². The summed E-state index contributed by atoms with van der Waals surface area (Å²) in [5.74, 6) is 0.853. The van der Waals surface area contributed by atoms with Gasteiger partial charge in [-0.15, -0.1) is 0 Å². The molecule has 1 unspecified atom stereocenters. The lowest BCUT2D eigenvalue weighted by molar-refractivity contribution is 0.390. The molecule has 0 aromatic carbocycles. The van der Waals surface area contributed by atoms with E-state index in [1.807, 2.05) is 0 Å². The first-order valence-electron chi connectivity index (χ1n) is 5.84. The van der Waals surface area contributed by atoms with Gasteiger partial charge >= 0.3 is 0 Å². The van der Waals surface area contributed by atoms with Gasteiger partial charge in [0.1, 0.15) is 0 Å². The Morgan fingerprint density at radius 1 is 1.00 bits per heavy atom. The molecule has 1 saturated carbocycles. The van der Waals surface area contributed by atoms with Gasteiger partial charge in [0.2, 0.25) is 0 Å². The van der Waals surface area contributed by atoms with Crippen LogP contribution in [0.4, 0.5) is 0 Å². The molecule has 0 aliphatic heterocycles. The van der Waals surface area contributed by atoms with Crippen LogP contribution in [0.1, 0.15) is 44.9 Å². The van der Waals surface area contributed by atoms with E-state index in [1.54, 1.807) is 0 Å². The van der Waals surface area contributed by atoms with Crippen LogP contribution in [0.3, 0.4) is 0 Å². The number of allylic oxidation sites excluding steroid dienone is 4. The smallest absolute Gasteiger partial charge is 0.0502 e. The second-order valence-corrected chi connectivity index (χ2v) is 6.08. The summed E-state index contributed by atoms with van der Waals surface area (Å²) in [5.41, 5.74) is 0. The molecule has 0 nitrogen and oxygen atoms in total. The van der Waals surface area contributed by atoms with Crippen LogP contribution < -0.4 is 0 Å². The summed E-state index contributed by atoms with van der Waals surface area (Å²) >= 11 is 3.95. The van der Waals surface area contributed by atoms with Crippen LogP contribution in [-0.4, -0.2) is 4.32 Å². The van der Waals surface area contributed by atoms with Crippen molar-refractivity contribution in [3.63, 3.8) is 0 Å². The van der Waals surface area contributed by atoms with Crippen LogP contribution in [0.5, 0.6) is 0 Å². The van der Waals surface area contributed by atoms with E-state index in [-0.39, 0.29) is 4.32 Å². The molecule has 1 atom stereocenters. The van der Waals surface area contributed by atoms with Gasteiger partial charge in [-0.05, 0) is 25.2 Å². The van der Waals surface area contributed by atoms with E-state index < -0.39 is 0 Å². The molecule has 0 N–H and O–H groups in total. The monoisotopic (exact) mass is 254 g/mol. The van der Waals surface area contributed by atoms with Crippen LogP contribution in [-0.2, 0) is 0 Å². The third-order valence-corrected chi connectivity index (χ3v) is 4.82. The van der Waals surface area contributed by atoms with Gasteiger partial charge in [-0.1, -0.05) is 65.9 Å². The van der Waals surface area contributed by atoms with E-state index in [0.717, 1.165) is 5.92 Å². The first kappa shape index (κ1) is 10.5. The molecule has 1 heteroatoms. The molecule has 1 fully saturated rings. The second-order valence-electron chi connectivity index (χ2n) is 4.61. The summed E-state index contributed by atoms with van der Waals surface area (Å²) in [4.78, 5) is 0. The van der Waals surface area contributed by atoms with Gasteiger partial charge in [0.15, 0.2) is 0 Å². The maximum absolute atomic E-state index is 3.95. The molecule has 0 aromatic rings. The molecule has 2 aliphatic rings. The maximum atomic E-state index is 3.95. The molecule has 0 radical (unpaired) electrons. The van der Waals surface area contributed by atoms with Crippen molar-refractivity contribution in [3.8, 4) is 0 Å². The molecule has 0 bridgehead atoms. The SMILES string of the molecule is BrC1(C2CCCCCC2)C=CC=CC1. The predicted octanol–water partition coefficient (Wildman–Crippen LogP) is 4.61. The zero-order chi connectivity index (χ0) is 9.86. The average Bonchev–Trinajstić information content (AvgIpc) is 2.47. The minimum Gasteiger partial charge on any atom is -0.0828 e. The summed E-state index contributed by atoms with van der Waals surface area (Å²) in [5, 5.41) is 0. The van der Waals surface area contributed by atoms with Crippen molar-refractivity contribution in [1.29, 1.82) is 0 Å². The Balaban J connectivity index is 2.04. The minimum absolute atomic E-state index is 0.284. The topological polar surface area (TPSA) is 0 Å². The third-order valence-electron chi connectivity index (χ3n) is 3.59. The fourth-order valence-corrected chi connectivity index (χ4v) is 3.47. The summed E-state index contributed by atoms with van der Waals surface area (Å²) < 4.78 is 0.284. The molecule has 0 saturated heterocycles. The number of rotatable bonds is 1. The van der Waals surface area contributed by atoms with Gasteiger partial charge in [0, 0.05) is 0 Å². The number of halogens is 1. The summed E-state index contributed by atoms with van der Waals surface area (Å²) in [6.07, 6.45) is 18.7. The number of alkyl halides is 1. The molecule has 0 aromatic heterocycles. The lowest BCUT2D eigenvalue weighted by atomic mass is 9.82. The van der Waals surface area contributed by atoms with Crippen LogP contribution in [0.15, 0.2) is 24.3 Å². The lowest BCUT2D eigenvalue weighted by Crippen LogP contribution is -2.29. The van der Waals surface area contributed by atoms with E-state index in [2.05, 4.69) is 40.2 Å². The molecule has 14 heavy (non-hydrogen) atoms. The second kappa shape index (κ2) is 4.65. The molecule has 2 rings (SSSR count). The van der Waals surface area contributed by atoms with Crippen LogP contribution >= 0.6 is 15.9 Å². The van der Waals surface area contributed by atoms with E-state index in [0.29, 0.717) is 0 Å². The Morgan fingerprint density at radius 3 is 2.29 bits per heavy atom. The number of hydrogen-bond donors (Lipinski definition) is 0. The maximum Gasteiger partial charge on any atom is 0.0502 e. The van der Waals surface area contributed by atoms with Gasteiger partial charge < -0.3 is 0 Å². The van der Waals surface area contributed by atoms with Crippen LogP contribution in [0.2, 0.25) is 0 Å². The Morgan fingerprint density at radius 2 is 1.71 bits per heavy atom. The van der Waals surface area contributed by atoms with E-state index in [1.165, 1.54) is 44.9 Å². The first-order valence-corrected chi connectivity index (χ1v) is 6.64. The van der Waals surface area contributed by atoms with Crippen molar-refractivity contribution in [2.24, 2.45) is 5.92 Å². The van der Waals surface area contributed by atoms with Crippen molar-refractivity contribution >= 4 is 15.9 Å². The van der Waals surface area contributed by atoms with E-state index in [4.69, 9.17) is 0 Å². The quantitative estimate of drug-likeness (QED) is 0.474. The lowest BCUT2D eigenvalue weighted by Gasteiger charge is -2.33. The van der Waals surface area contributed by atoms with E-state index in [9.17, 15) is 0 Å². The van der Waals surface area contributed by atoms with Crippen LogP contribution in [0, 0.1) is 5.92 Å². The Hall–Kier alpha value is -0.0400. The number of hydrogen-bond acceptors (Lipinski definition) is 0. The van der Waals surface area contributed by atoms with Crippen LogP contribution in [0.25, 0.3) is 0 Å². The van der Waals surface area contributed by atoms with Crippen molar-refractivity contribution in [1.82, 2.24) is 0 Å². The molecule has 78 valence electrons. The highest BCUT2D eigenvalue weighted by Gasteiger charge is 2.33. The zero-order valence-corrected chi connectivity index (χ0v) is 10.3. The zero-order valence-electron chi connectivity index (χ0n) is 8.71. The standard InChI is InChI=1S/C13H19Br/c14-13(10-6-3-7-11-13)12-8-4-1-2-5-9-12/h3,6-7,10,12H,1-2,4-5,8-9,11H2. The Kier molecular flexibility index (Phi) is 3.48. The molecule has 0 heterocycles. The molecule has 2 aliphatic carbocycles.